The number of rotatable bonds is 3. The van der Waals surface area contributed by atoms with E-state index in [4.69, 9.17) is 0 Å². The lowest BCUT2D eigenvalue weighted by Crippen LogP contribution is -2.26. The van der Waals surface area contributed by atoms with Crippen LogP contribution in [0.4, 0.5) is 0 Å². The van der Waals surface area contributed by atoms with Crippen LogP contribution in [0.25, 0.3) is 0 Å². The third kappa shape index (κ3) is 2.12. The van der Waals surface area contributed by atoms with Gasteiger partial charge in [-0.15, -0.1) is 10.2 Å². The Balaban J connectivity index is 1.47. The van der Waals surface area contributed by atoms with Gasteiger partial charge in [0.2, 0.25) is 0 Å². The first-order valence-corrected chi connectivity index (χ1v) is 7.58. The highest BCUT2D eigenvalue weighted by Gasteiger charge is 2.23. The van der Waals surface area contributed by atoms with Crippen LogP contribution in [0.1, 0.15) is 52.7 Å². The molecule has 7 heteroatoms. The van der Waals surface area contributed by atoms with Gasteiger partial charge in [-0.05, 0) is 32.1 Å². The van der Waals surface area contributed by atoms with E-state index in [0.29, 0.717) is 12.2 Å². The zero-order chi connectivity index (χ0) is 14.2. The highest BCUT2D eigenvalue weighted by Crippen LogP contribution is 2.22. The summed E-state index contributed by atoms with van der Waals surface area (Å²) >= 11 is 0. The van der Waals surface area contributed by atoms with Gasteiger partial charge in [0.15, 0.2) is 11.5 Å². The van der Waals surface area contributed by atoms with Crippen LogP contribution in [0.3, 0.4) is 0 Å². The number of amides is 1. The van der Waals surface area contributed by atoms with E-state index < -0.39 is 0 Å². The second-order valence-corrected chi connectivity index (χ2v) is 5.71. The van der Waals surface area contributed by atoms with Crippen molar-refractivity contribution in [3.05, 3.63) is 28.6 Å². The molecule has 0 saturated carbocycles. The van der Waals surface area contributed by atoms with Gasteiger partial charge < -0.3 is 9.88 Å². The average Bonchev–Trinajstić information content (AvgIpc) is 3.19. The fourth-order valence-electron chi connectivity index (χ4n) is 3.25. The molecule has 0 radical (unpaired) electrons. The number of hydrogen-bond acceptors (Lipinski definition) is 4. The number of H-pyrrole nitrogens is 1. The SMILES string of the molecule is O=C(NCc1nnc2n1CCCC2)c1n[nH]c2c1CCC2. The van der Waals surface area contributed by atoms with Crippen LogP contribution in [-0.4, -0.2) is 30.9 Å². The third-order valence-electron chi connectivity index (χ3n) is 4.36. The van der Waals surface area contributed by atoms with Crippen molar-refractivity contribution in [2.24, 2.45) is 0 Å². The molecule has 3 heterocycles. The smallest absolute Gasteiger partial charge is 0.272 e. The number of carbonyl (C=O) groups is 1. The third-order valence-corrected chi connectivity index (χ3v) is 4.36. The van der Waals surface area contributed by atoms with Crippen LogP contribution in [0.15, 0.2) is 0 Å². The van der Waals surface area contributed by atoms with Crippen molar-refractivity contribution in [3.8, 4) is 0 Å². The minimum atomic E-state index is -0.123. The van der Waals surface area contributed by atoms with E-state index in [2.05, 4.69) is 30.3 Å². The summed E-state index contributed by atoms with van der Waals surface area (Å²) in [6.07, 6.45) is 6.33. The van der Waals surface area contributed by atoms with Crippen LogP contribution < -0.4 is 5.32 Å². The van der Waals surface area contributed by atoms with E-state index in [0.717, 1.165) is 61.6 Å². The van der Waals surface area contributed by atoms with Crippen LogP contribution in [0, 0.1) is 0 Å². The van der Waals surface area contributed by atoms with Gasteiger partial charge in [0.1, 0.15) is 5.82 Å². The average molecular weight is 286 g/mol. The summed E-state index contributed by atoms with van der Waals surface area (Å²) in [4.78, 5) is 12.3. The highest BCUT2D eigenvalue weighted by molar-refractivity contribution is 5.94. The topological polar surface area (TPSA) is 88.5 Å². The summed E-state index contributed by atoms with van der Waals surface area (Å²) in [5.74, 6) is 1.75. The summed E-state index contributed by atoms with van der Waals surface area (Å²) in [7, 11) is 0. The number of nitrogens with one attached hydrogen (secondary N) is 2. The van der Waals surface area contributed by atoms with E-state index in [1.165, 1.54) is 6.42 Å². The Hall–Kier alpha value is -2.18. The minimum Gasteiger partial charge on any atom is -0.343 e. The van der Waals surface area contributed by atoms with Gasteiger partial charge in [0.25, 0.3) is 5.91 Å². The Morgan fingerprint density at radius 1 is 1.19 bits per heavy atom. The predicted octanol–water partition coefficient (Wildman–Crippen LogP) is 0.756. The summed E-state index contributed by atoms with van der Waals surface area (Å²) in [5.41, 5.74) is 2.73. The zero-order valence-electron chi connectivity index (χ0n) is 11.9. The maximum atomic E-state index is 12.3. The Labute approximate surface area is 122 Å². The Bertz CT molecular complexity index is 686. The lowest BCUT2D eigenvalue weighted by molar-refractivity contribution is 0.0943. The largest absolute Gasteiger partial charge is 0.343 e. The molecule has 7 nitrogen and oxygen atoms in total. The van der Waals surface area contributed by atoms with Crippen molar-refractivity contribution in [1.82, 2.24) is 30.3 Å². The maximum Gasteiger partial charge on any atom is 0.272 e. The molecule has 2 aromatic rings. The lowest BCUT2D eigenvalue weighted by Gasteiger charge is -2.14. The van der Waals surface area contributed by atoms with Crippen molar-refractivity contribution in [2.45, 2.75) is 51.6 Å². The van der Waals surface area contributed by atoms with E-state index in [9.17, 15) is 4.79 Å². The first-order chi connectivity index (χ1) is 10.3. The van der Waals surface area contributed by atoms with Gasteiger partial charge in [-0.2, -0.15) is 5.10 Å². The van der Waals surface area contributed by atoms with Crippen molar-refractivity contribution in [1.29, 1.82) is 0 Å². The van der Waals surface area contributed by atoms with E-state index in [-0.39, 0.29) is 5.91 Å². The Kier molecular flexibility index (Phi) is 2.98. The quantitative estimate of drug-likeness (QED) is 0.871. The summed E-state index contributed by atoms with van der Waals surface area (Å²) in [6, 6.07) is 0. The molecule has 0 fully saturated rings. The summed E-state index contributed by atoms with van der Waals surface area (Å²) in [6.45, 7) is 1.36. The fraction of sp³-hybridized carbons (Fsp3) is 0.571. The molecule has 0 saturated heterocycles. The van der Waals surface area contributed by atoms with Crippen LogP contribution >= 0.6 is 0 Å². The summed E-state index contributed by atoms with van der Waals surface area (Å²) < 4.78 is 2.12. The Morgan fingerprint density at radius 3 is 3.10 bits per heavy atom. The molecule has 2 N–H and O–H groups in total. The number of nitrogens with zero attached hydrogens (tertiary/aromatic N) is 4. The van der Waals surface area contributed by atoms with Gasteiger partial charge >= 0.3 is 0 Å². The molecule has 2 aromatic heterocycles. The molecule has 110 valence electrons. The number of carbonyl (C=O) groups excluding carboxylic acids is 1. The minimum absolute atomic E-state index is 0.123. The Morgan fingerprint density at radius 2 is 2.14 bits per heavy atom. The molecular weight excluding hydrogens is 268 g/mol. The number of aromatic amines is 1. The van der Waals surface area contributed by atoms with Crippen molar-refractivity contribution in [2.75, 3.05) is 0 Å². The molecule has 1 aliphatic carbocycles. The number of hydrogen-bond donors (Lipinski definition) is 2. The van der Waals surface area contributed by atoms with Gasteiger partial charge in [-0.25, -0.2) is 0 Å². The molecule has 0 aromatic carbocycles. The molecule has 1 amide bonds. The molecule has 0 atom stereocenters. The molecule has 0 bridgehead atoms. The van der Waals surface area contributed by atoms with E-state index in [1.54, 1.807) is 0 Å². The number of aryl methyl sites for hydroxylation is 2. The summed E-state index contributed by atoms with van der Waals surface area (Å²) in [5, 5.41) is 18.4. The van der Waals surface area contributed by atoms with Crippen molar-refractivity contribution in [3.63, 3.8) is 0 Å². The molecule has 1 aliphatic heterocycles. The van der Waals surface area contributed by atoms with Crippen LogP contribution in [0.5, 0.6) is 0 Å². The maximum absolute atomic E-state index is 12.3. The molecule has 21 heavy (non-hydrogen) atoms. The van der Waals surface area contributed by atoms with Crippen molar-refractivity contribution >= 4 is 5.91 Å². The predicted molar refractivity (Wildman–Crippen MR) is 74.7 cm³/mol. The monoisotopic (exact) mass is 286 g/mol. The van der Waals surface area contributed by atoms with Gasteiger partial charge in [-0.3, -0.25) is 9.89 Å². The normalized spacial score (nSPS) is 16.6. The second kappa shape index (κ2) is 4.98. The molecule has 0 spiro atoms. The molecular formula is C14H18N6O. The van der Waals surface area contributed by atoms with Gasteiger partial charge in [-0.1, -0.05) is 0 Å². The number of fused-ring (bicyclic) bond motifs is 2. The van der Waals surface area contributed by atoms with Gasteiger partial charge in [0.05, 0.1) is 6.54 Å². The molecule has 0 unspecified atom stereocenters. The van der Waals surface area contributed by atoms with Crippen LogP contribution in [0.2, 0.25) is 0 Å². The van der Waals surface area contributed by atoms with Crippen molar-refractivity contribution < 1.29 is 4.79 Å². The first kappa shape index (κ1) is 12.6. The lowest BCUT2D eigenvalue weighted by atomic mass is 10.1. The zero-order valence-corrected chi connectivity index (χ0v) is 11.9. The second-order valence-electron chi connectivity index (χ2n) is 5.71. The highest BCUT2D eigenvalue weighted by atomic mass is 16.1. The van der Waals surface area contributed by atoms with E-state index in [1.807, 2.05) is 0 Å². The standard InChI is InChI=1S/C14H18N6O/c21-14(13-9-4-3-5-10(9)16-19-13)15-8-12-18-17-11-6-1-2-7-20(11)12/h1-8H2,(H,15,21)(H,16,19). The van der Waals surface area contributed by atoms with E-state index >= 15 is 0 Å². The van der Waals surface area contributed by atoms with Crippen LogP contribution in [-0.2, 0) is 32.4 Å². The molecule has 4 rings (SSSR count). The molecule has 2 aliphatic rings. The van der Waals surface area contributed by atoms with Gasteiger partial charge in [0, 0.05) is 24.2 Å². The number of aromatic nitrogens is 5. The fourth-order valence-corrected chi connectivity index (χ4v) is 3.25. The first-order valence-electron chi connectivity index (χ1n) is 7.58.